The summed E-state index contributed by atoms with van der Waals surface area (Å²) >= 11 is 0. The Labute approximate surface area is 237 Å². The molecule has 0 aliphatic heterocycles. The molecule has 0 saturated heterocycles. The number of alkyl carbamates (subject to hydrolysis) is 1. The lowest BCUT2D eigenvalue weighted by Gasteiger charge is -2.43. The minimum atomic E-state index is -1.10. The number of benzene rings is 2. The van der Waals surface area contributed by atoms with Crippen molar-refractivity contribution in [1.29, 1.82) is 0 Å². The van der Waals surface area contributed by atoms with E-state index < -0.39 is 47.1 Å². The van der Waals surface area contributed by atoms with Gasteiger partial charge in [-0.1, -0.05) is 61.5 Å². The first kappa shape index (κ1) is 32.3. The molecule has 2 atom stereocenters. The third kappa shape index (κ3) is 9.70. The molecule has 0 aliphatic carbocycles. The monoisotopic (exact) mass is 553 g/mol. The van der Waals surface area contributed by atoms with Crippen molar-refractivity contribution < 1.29 is 28.7 Å². The Morgan fingerprint density at radius 2 is 1.48 bits per heavy atom. The van der Waals surface area contributed by atoms with E-state index in [1.54, 1.807) is 32.9 Å². The Bertz CT molecular complexity index is 1150. The van der Waals surface area contributed by atoms with Crippen LogP contribution in [0.1, 0.15) is 71.2 Å². The number of carbonyl (C=O) groups is 4. The Hall–Kier alpha value is -3.88. The van der Waals surface area contributed by atoms with Crippen molar-refractivity contribution in [1.82, 2.24) is 15.5 Å². The maximum Gasteiger partial charge on any atom is 0.408 e. The molecule has 9 nitrogen and oxygen atoms in total. The van der Waals surface area contributed by atoms with Crippen LogP contribution in [-0.2, 0) is 36.7 Å². The van der Waals surface area contributed by atoms with Gasteiger partial charge >= 0.3 is 12.1 Å². The molecule has 3 amide bonds. The summed E-state index contributed by atoms with van der Waals surface area (Å²) in [6.07, 6.45) is 0.242. The second-order valence-electron chi connectivity index (χ2n) is 11.6. The zero-order valence-corrected chi connectivity index (χ0v) is 24.9. The average molecular weight is 554 g/mol. The van der Waals surface area contributed by atoms with E-state index in [9.17, 15) is 19.2 Å². The molecule has 9 heteroatoms. The van der Waals surface area contributed by atoms with Gasteiger partial charge in [-0.2, -0.15) is 0 Å². The second kappa shape index (κ2) is 14.0. The number of aryl methyl sites for hydroxylation is 1. The van der Waals surface area contributed by atoms with E-state index in [4.69, 9.17) is 4.74 Å². The Kier molecular flexibility index (Phi) is 11.3. The molecule has 0 bridgehead atoms. The minimum Gasteiger partial charge on any atom is -0.468 e. The summed E-state index contributed by atoms with van der Waals surface area (Å²) in [6, 6.07) is 14.6. The van der Waals surface area contributed by atoms with Crippen LogP contribution < -0.4 is 10.6 Å². The molecule has 0 aromatic heterocycles. The van der Waals surface area contributed by atoms with Crippen LogP contribution >= 0.6 is 0 Å². The second-order valence-corrected chi connectivity index (χ2v) is 11.6. The number of hydrogen-bond acceptors (Lipinski definition) is 6. The molecule has 2 unspecified atom stereocenters. The predicted octanol–water partition coefficient (Wildman–Crippen LogP) is 4.34. The third-order valence-corrected chi connectivity index (χ3v) is 6.08. The normalized spacial score (nSPS) is 13.0. The highest BCUT2D eigenvalue weighted by atomic mass is 16.6. The number of amides is 3. The first-order valence-corrected chi connectivity index (χ1v) is 13.5. The summed E-state index contributed by atoms with van der Waals surface area (Å²) in [4.78, 5) is 54.2. The maximum atomic E-state index is 14.4. The van der Waals surface area contributed by atoms with Crippen LogP contribution in [0.25, 0.3) is 0 Å². The summed E-state index contributed by atoms with van der Waals surface area (Å²) in [5.41, 5.74) is 0.826. The van der Waals surface area contributed by atoms with E-state index in [0.717, 1.165) is 17.5 Å². The summed E-state index contributed by atoms with van der Waals surface area (Å²) in [5, 5.41) is 5.35. The van der Waals surface area contributed by atoms with Crippen LogP contribution in [0.3, 0.4) is 0 Å². The van der Waals surface area contributed by atoms with Gasteiger partial charge in [0.1, 0.15) is 24.2 Å². The first-order valence-electron chi connectivity index (χ1n) is 13.5. The molecule has 218 valence electrons. The van der Waals surface area contributed by atoms with Gasteiger partial charge in [0.2, 0.25) is 11.8 Å². The van der Waals surface area contributed by atoms with Crippen molar-refractivity contribution in [3.63, 3.8) is 0 Å². The molecule has 40 heavy (non-hydrogen) atoms. The lowest BCUT2D eigenvalue weighted by Crippen LogP contribution is -2.59. The van der Waals surface area contributed by atoms with E-state index in [-0.39, 0.29) is 13.0 Å². The Morgan fingerprint density at radius 3 is 1.98 bits per heavy atom. The van der Waals surface area contributed by atoms with Crippen LogP contribution in [0.4, 0.5) is 4.79 Å². The zero-order valence-electron chi connectivity index (χ0n) is 24.9. The highest BCUT2D eigenvalue weighted by Gasteiger charge is 2.42. The van der Waals surface area contributed by atoms with Gasteiger partial charge in [0.15, 0.2) is 0 Å². The van der Waals surface area contributed by atoms with Gasteiger partial charge in [0.25, 0.3) is 0 Å². The van der Waals surface area contributed by atoms with Crippen molar-refractivity contribution >= 4 is 23.9 Å². The third-order valence-electron chi connectivity index (χ3n) is 6.08. The van der Waals surface area contributed by atoms with Crippen LogP contribution in [0, 0.1) is 0 Å². The SMILES string of the molecule is CCc1ccc(C(C(=O)NCC(=O)OC)N(C(=O)C(Cc2ccccc2)NC(=O)OC(C)(C)C)C(C)(C)C)cc1. The van der Waals surface area contributed by atoms with Gasteiger partial charge in [0, 0.05) is 12.0 Å². The molecule has 2 aromatic rings. The highest BCUT2D eigenvalue weighted by Crippen LogP contribution is 2.31. The van der Waals surface area contributed by atoms with Gasteiger partial charge < -0.3 is 25.0 Å². The molecule has 0 fully saturated rings. The van der Waals surface area contributed by atoms with Crippen molar-refractivity contribution in [2.75, 3.05) is 13.7 Å². The van der Waals surface area contributed by atoms with Crippen LogP contribution in [-0.4, -0.2) is 59.6 Å². The van der Waals surface area contributed by atoms with E-state index in [1.165, 1.54) is 12.0 Å². The lowest BCUT2D eigenvalue weighted by atomic mass is 9.93. The number of nitrogens with one attached hydrogen (secondary N) is 2. The topological polar surface area (TPSA) is 114 Å². The molecular formula is C31H43N3O6. The molecule has 2 aromatic carbocycles. The van der Waals surface area contributed by atoms with E-state index >= 15 is 0 Å². The summed E-state index contributed by atoms with van der Waals surface area (Å²) in [6.45, 7) is 12.3. The van der Waals surface area contributed by atoms with Crippen molar-refractivity contribution in [2.24, 2.45) is 0 Å². The predicted molar refractivity (Wildman–Crippen MR) is 153 cm³/mol. The molecule has 0 spiro atoms. The Morgan fingerprint density at radius 1 is 0.875 bits per heavy atom. The number of hydrogen-bond donors (Lipinski definition) is 2. The fourth-order valence-electron chi connectivity index (χ4n) is 4.19. The fourth-order valence-corrected chi connectivity index (χ4v) is 4.19. The van der Waals surface area contributed by atoms with Crippen LogP contribution in [0.5, 0.6) is 0 Å². The number of carbonyl (C=O) groups excluding carboxylic acids is 4. The van der Waals surface area contributed by atoms with Crippen LogP contribution in [0.2, 0.25) is 0 Å². The number of nitrogens with zero attached hydrogens (tertiary/aromatic N) is 1. The standard InChI is InChI=1S/C31H43N3O6/c1-9-21-15-17-23(18-16-21)26(27(36)32-20-25(35)39-8)34(30(2,3)4)28(37)24(19-22-13-11-10-12-14-22)33-29(38)40-31(5,6)7/h10-18,24,26H,9,19-20H2,1-8H3,(H,32,36)(H,33,38). The number of esters is 1. The smallest absolute Gasteiger partial charge is 0.408 e. The molecule has 2 rings (SSSR count). The van der Waals surface area contributed by atoms with Gasteiger partial charge in [0.05, 0.1) is 7.11 Å². The minimum absolute atomic E-state index is 0.177. The molecule has 0 aliphatic rings. The van der Waals surface area contributed by atoms with Gasteiger partial charge in [-0.3, -0.25) is 14.4 Å². The largest absolute Gasteiger partial charge is 0.468 e. The lowest BCUT2D eigenvalue weighted by molar-refractivity contribution is -0.149. The van der Waals surface area contributed by atoms with Gasteiger partial charge in [-0.15, -0.1) is 0 Å². The van der Waals surface area contributed by atoms with Crippen molar-refractivity contribution in [3.05, 3.63) is 71.3 Å². The Balaban J connectivity index is 2.59. The quantitative estimate of drug-likeness (QED) is 0.423. The maximum absolute atomic E-state index is 14.4. The van der Waals surface area contributed by atoms with E-state index in [1.807, 2.05) is 70.2 Å². The summed E-state index contributed by atoms with van der Waals surface area (Å²) < 4.78 is 10.1. The summed E-state index contributed by atoms with van der Waals surface area (Å²) in [5.74, 6) is -1.63. The number of rotatable bonds is 10. The highest BCUT2D eigenvalue weighted by molar-refractivity contribution is 5.93. The summed E-state index contributed by atoms with van der Waals surface area (Å²) in [7, 11) is 1.23. The molecule has 0 radical (unpaired) electrons. The molecule has 0 saturated carbocycles. The van der Waals surface area contributed by atoms with Crippen molar-refractivity contribution in [3.8, 4) is 0 Å². The van der Waals surface area contributed by atoms with E-state index in [2.05, 4.69) is 15.4 Å². The first-order chi connectivity index (χ1) is 18.7. The zero-order chi connectivity index (χ0) is 30.1. The van der Waals surface area contributed by atoms with Gasteiger partial charge in [-0.05, 0) is 64.7 Å². The molecular weight excluding hydrogens is 510 g/mol. The van der Waals surface area contributed by atoms with Gasteiger partial charge in [-0.25, -0.2) is 4.79 Å². The molecule has 0 heterocycles. The number of methoxy groups -OCH3 is 1. The fraction of sp³-hybridized carbons (Fsp3) is 0.484. The van der Waals surface area contributed by atoms with E-state index in [0.29, 0.717) is 5.56 Å². The van der Waals surface area contributed by atoms with Crippen molar-refractivity contribution in [2.45, 2.75) is 84.5 Å². The average Bonchev–Trinajstić information content (AvgIpc) is 2.88. The molecule has 2 N–H and O–H groups in total. The van der Waals surface area contributed by atoms with Crippen LogP contribution in [0.15, 0.2) is 54.6 Å². The number of ether oxygens (including phenoxy) is 2.